The summed E-state index contributed by atoms with van der Waals surface area (Å²) >= 11 is 1.49. The molecule has 0 aromatic carbocycles. The van der Waals surface area contributed by atoms with Crippen molar-refractivity contribution in [2.45, 2.75) is 0 Å². The van der Waals surface area contributed by atoms with Crippen molar-refractivity contribution in [1.82, 2.24) is 0 Å². The van der Waals surface area contributed by atoms with E-state index in [-0.39, 0.29) is 0 Å². The first kappa shape index (κ1) is 6.62. The molecule has 0 amide bonds. The predicted molar refractivity (Wildman–Crippen MR) is 30.2 cm³/mol. The first-order valence-electron chi connectivity index (χ1n) is 1.44. The highest BCUT2D eigenvalue weighted by molar-refractivity contribution is 7.97. The highest BCUT2D eigenvalue weighted by Crippen LogP contribution is 1.96. The van der Waals surface area contributed by atoms with Gasteiger partial charge in [-0.05, 0) is 24.1 Å². The van der Waals surface area contributed by atoms with Crippen LogP contribution in [0, 0.1) is 0 Å². The minimum atomic E-state index is 0.598. The number of rotatable bonds is 3. The van der Waals surface area contributed by atoms with Gasteiger partial charge in [0.2, 0.25) is 0 Å². The van der Waals surface area contributed by atoms with E-state index < -0.39 is 0 Å². The molecule has 4 heteroatoms. The quantitative estimate of drug-likeness (QED) is 0.443. The van der Waals surface area contributed by atoms with Crippen molar-refractivity contribution in [1.29, 1.82) is 0 Å². The molecule has 2 nitrogen and oxygen atoms in total. The average molecular weight is 126 g/mol. The largest absolute Gasteiger partial charge is 0.330 e. The van der Waals surface area contributed by atoms with Gasteiger partial charge in [-0.3, -0.25) is 0 Å². The van der Waals surface area contributed by atoms with Gasteiger partial charge in [-0.1, -0.05) is 0 Å². The summed E-state index contributed by atoms with van der Waals surface area (Å²) in [7, 11) is 0. The van der Waals surface area contributed by atoms with Crippen molar-refractivity contribution < 1.29 is 9.11 Å². The molecule has 0 aliphatic heterocycles. The Morgan fingerprint density at radius 1 is 1.00 bits per heavy atom. The average Bonchev–Trinajstić information content (AvgIpc) is 1.61. The summed E-state index contributed by atoms with van der Waals surface area (Å²) in [5, 5.41) is 0. The van der Waals surface area contributed by atoms with E-state index in [0.29, 0.717) is 11.5 Å². The second kappa shape index (κ2) is 5.62. The van der Waals surface area contributed by atoms with Gasteiger partial charge in [-0.15, -0.1) is 0 Å². The lowest BCUT2D eigenvalue weighted by Crippen LogP contribution is -1.77. The molecule has 38 valence electrons. The van der Waals surface area contributed by atoms with E-state index in [2.05, 4.69) is 0 Å². The zero-order valence-corrected chi connectivity index (χ0v) is 4.76. The van der Waals surface area contributed by atoms with Crippen LogP contribution >= 0.6 is 24.1 Å². The Balaban J connectivity index is 2.34. The summed E-state index contributed by atoms with van der Waals surface area (Å²) in [6.07, 6.45) is 0. The lowest BCUT2D eigenvalue weighted by molar-refractivity contribution is 0.657. The maximum Gasteiger partial charge on any atom is 0.0308 e. The van der Waals surface area contributed by atoms with Crippen LogP contribution in [0.2, 0.25) is 0 Å². The van der Waals surface area contributed by atoms with E-state index in [0.717, 1.165) is 24.1 Å². The monoisotopic (exact) mass is 126 g/mol. The highest BCUT2D eigenvalue weighted by atomic mass is 32.2. The van der Waals surface area contributed by atoms with Crippen molar-refractivity contribution in [2.24, 2.45) is 0 Å². The van der Waals surface area contributed by atoms with E-state index in [1.165, 1.54) is 0 Å². The molecule has 0 saturated carbocycles. The van der Waals surface area contributed by atoms with Crippen LogP contribution in [0.15, 0.2) is 0 Å². The van der Waals surface area contributed by atoms with Crippen molar-refractivity contribution >= 4 is 24.1 Å². The smallest absolute Gasteiger partial charge is 0.0308 e. The normalized spacial score (nSPS) is 9.00. The molecule has 0 aliphatic carbocycles. The van der Waals surface area contributed by atoms with Crippen molar-refractivity contribution in [2.75, 3.05) is 11.5 Å². The van der Waals surface area contributed by atoms with Gasteiger partial charge in [0, 0.05) is 11.5 Å². The zero-order chi connectivity index (χ0) is 4.83. The van der Waals surface area contributed by atoms with E-state index in [1.54, 1.807) is 0 Å². The molecule has 0 aliphatic rings. The van der Waals surface area contributed by atoms with Gasteiger partial charge >= 0.3 is 0 Å². The fourth-order valence-corrected chi connectivity index (χ4v) is 0.671. The summed E-state index contributed by atoms with van der Waals surface area (Å²) in [4.78, 5) is 0. The maximum atomic E-state index is 7.99. The SMILES string of the molecule is OSCCSO. The van der Waals surface area contributed by atoms with Crippen LogP contribution in [-0.4, -0.2) is 20.6 Å². The van der Waals surface area contributed by atoms with Gasteiger partial charge in [0.25, 0.3) is 0 Å². The highest BCUT2D eigenvalue weighted by Gasteiger charge is 1.79. The molecule has 0 aromatic heterocycles. The van der Waals surface area contributed by atoms with Crippen LogP contribution in [0.1, 0.15) is 0 Å². The Morgan fingerprint density at radius 2 is 1.33 bits per heavy atom. The molecule has 0 radical (unpaired) electrons. The van der Waals surface area contributed by atoms with Crippen LogP contribution in [0.3, 0.4) is 0 Å². The topological polar surface area (TPSA) is 40.5 Å². The summed E-state index contributed by atoms with van der Waals surface area (Å²) in [6, 6.07) is 0. The molecule has 0 rings (SSSR count). The lowest BCUT2D eigenvalue weighted by atomic mass is 11.0. The van der Waals surface area contributed by atoms with Crippen LogP contribution in [0.25, 0.3) is 0 Å². The zero-order valence-electron chi connectivity index (χ0n) is 3.13. The standard InChI is InChI=1S/C2H6O2S2/c3-5-1-2-6-4/h3-4H,1-2H2. The fourth-order valence-electron chi connectivity index (χ4n) is 0.0745. The molecule has 2 N–H and O–H groups in total. The van der Waals surface area contributed by atoms with Crippen LogP contribution < -0.4 is 0 Å². The summed E-state index contributed by atoms with van der Waals surface area (Å²) in [6.45, 7) is 0. The molecular formula is C2H6O2S2. The first-order chi connectivity index (χ1) is 2.91. The fraction of sp³-hybridized carbons (Fsp3) is 1.00. The molecule has 0 fully saturated rings. The van der Waals surface area contributed by atoms with Gasteiger partial charge in [-0.2, -0.15) is 0 Å². The van der Waals surface area contributed by atoms with Crippen LogP contribution in [-0.2, 0) is 0 Å². The Hall–Kier alpha value is 0.620. The van der Waals surface area contributed by atoms with Crippen molar-refractivity contribution in [3.05, 3.63) is 0 Å². The second-order valence-electron chi connectivity index (χ2n) is 0.666. The molecule has 0 bridgehead atoms. The predicted octanol–water partition coefficient (Wildman–Crippen LogP) is 1.40. The van der Waals surface area contributed by atoms with E-state index in [4.69, 9.17) is 9.11 Å². The van der Waals surface area contributed by atoms with Gasteiger partial charge in [-0.25, -0.2) is 0 Å². The van der Waals surface area contributed by atoms with Gasteiger partial charge in [0.15, 0.2) is 0 Å². The summed E-state index contributed by atoms with van der Waals surface area (Å²) in [5.41, 5.74) is 0. The minimum Gasteiger partial charge on any atom is -0.330 e. The molecular weight excluding hydrogens is 120 g/mol. The number of hydrogen-bond donors (Lipinski definition) is 2. The van der Waals surface area contributed by atoms with E-state index >= 15 is 0 Å². The van der Waals surface area contributed by atoms with Crippen molar-refractivity contribution in [3.8, 4) is 0 Å². The van der Waals surface area contributed by atoms with Gasteiger partial charge in [0.1, 0.15) is 0 Å². The minimum absolute atomic E-state index is 0.598. The van der Waals surface area contributed by atoms with Crippen LogP contribution in [0.5, 0.6) is 0 Å². The van der Waals surface area contributed by atoms with E-state index in [1.807, 2.05) is 0 Å². The molecule has 0 spiro atoms. The maximum absolute atomic E-state index is 7.99. The molecule has 0 atom stereocenters. The first-order valence-corrected chi connectivity index (χ1v) is 3.33. The number of hydrogen-bond acceptors (Lipinski definition) is 4. The third-order valence-corrected chi connectivity index (χ3v) is 1.30. The Kier molecular flexibility index (Phi) is 6.20. The molecule has 0 heterocycles. The Bertz CT molecular complexity index is 21.5. The third-order valence-electron chi connectivity index (χ3n) is 0.266. The lowest BCUT2D eigenvalue weighted by Gasteiger charge is -1.83. The Morgan fingerprint density at radius 3 is 1.50 bits per heavy atom. The summed E-state index contributed by atoms with van der Waals surface area (Å²) < 4.78 is 16.0. The van der Waals surface area contributed by atoms with E-state index in [9.17, 15) is 0 Å². The molecule has 0 unspecified atom stereocenters. The summed E-state index contributed by atoms with van der Waals surface area (Å²) in [5.74, 6) is 1.20. The Labute approximate surface area is 45.4 Å². The molecule has 0 aromatic rings. The van der Waals surface area contributed by atoms with Gasteiger partial charge in [0.05, 0.1) is 0 Å². The van der Waals surface area contributed by atoms with Crippen molar-refractivity contribution in [3.63, 3.8) is 0 Å². The second-order valence-corrected chi connectivity index (χ2v) is 2.00. The third kappa shape index (κ3) is 4.62. The van der Waals surface area contributed by atoms with Crippen LogP contribution in [0.4, 0.5) is 0 Å². The molecule has 0 saturated heterocycles. The molecule has 6 heavy (non-hydrogen) atoms. The van der Waals surface area contributed by atoms with Gasteiger partial charge < -0.3 is 9.11 Å².